The third kappa shape index (κ3) is 5.26. The monoisotopic (exact) mass is 360 g/mol. The topological polar surface area (TPSA) is 50.4 Å². The van der Waals surface area contributed by atoms with E-state index in [-0.39, 0.29) is 17.8 Å². The molecule has 1 atom stereocenters. The van der Waals surface area contributed by atoms with Crippen molar-refractivity contribution in [1.29, 1.82) is 0 Å². The molecule has 2 aromatic carbocycles. The van der Waals surface area contributed by atoms with Crippen molar-refractivity contribution in [2.75, 3.05) is 11.9 Å². The maximum absolute atomic E-state index is 13.0. The van der Waals surface area contributed by atoms with Crippen LogP contribution < -0.4 is 10.6 Å². The number of carbonyl (C=O) groups excluding carboxylic acids is 1. The van der Waals surface area contributed by atoms with Crippen LogP contribution in [0.2, 0.25) is 0 Å². The van der Waals surface area contributed by atoms with Gasteiger partial charge in [-0.1, -0.05) is 12.1 Å². The Morgan fingerprint density at radius 1 is 1.24 bits per heavy atom. The Morgan fingerprint density at radius 3 is 2.52 bits per heavy atom. The van der Waals surface area contributed by atoms with Gasteiger partial charge < -0.3 is 15.4 Å². The molecule has 2 aromatic rings. The number of carbonyl (C=O) groups is 1. The molecule has 132 valence electrons. The van der Waals surface area contributed by atoms with Crippen molar-refractivity contribution >= 4 is 29.0 Å². The van der Waals surface area contributed by atoms with Crippen LogP contribution in [-0.4, -0.2) is 17.7 Å². The van der Waals surface area contributed by atoms with Gasteiger partial charge in [-0.2, -0.15) is 0 Å². The van der Waals surface area contributed by atoms with Gasteiger partial charge in [0.25, 0.3) is 0 Å². The highest BCUT2D eigenvalue weighted by Gasteiger charge is 2.11. The molecule has 0 aliphatic heterocycles. The number of hydrogen-bond donors (Lipinski definition) is 2. The standard InChI is InChI=1S/C19H21FN2O2S/c1-4-24-18(23)15-7-10-17(12(2)11-15)22-19(25)21-13(3)14-5-8-16(20)9-6-14/h5-11,13H,4H2,1-3H3,(H2,21,22,25)/t13-/m0/s1. The summed E-state index contributed by atoms with van der Waals surface area (Å²) in [5.74, 6) is -0.614. The minimum atomic E-state index is -0.345. The zero-order valence-corrected chi connectivity index (χ0v) is 15.2. The Bertz CT molecular complexity index is 763. The van der Waals surface area contributed by atoms with Gasteiger partial charge in [0.1, 0.15) is 5.82 Å². The third-order valence-electron chi connectivity index (χ3n) is 3.70. The van der Waals surface area contributed by atoms with Crippen molar-refractivity contribution in [1.82, 2.24) is 5.32 Å². The van der Waals surface area contributed by atoms with Crippen molar-refractivity contribution < 1.29 is 13.9 Å². The average molecular weight is 360 g/mol. The Morgan fingerprint density at radius 2 is 1.92 bits per heavy atom. The van der Waals surface area contributed by atoms with E-state index in [0.717, 1.165) is 16.8 Å². The van der Waals surface area contributed by atoms with E-state index in [1.807, 2.05) is 13.8 Å². The maximum Gasteiger partial charge on any atom is 0.338 e. The predicted molar refractivity (Wildman–Crippen MR) is 101 cm³/mol. The number of benzene rings is 2. The molecule has 4 nitrogen and oxygen atoms in total. The van der Waals surface area contributed by atoms with Crippen LogP contribution in [0.3, 0.4) is 0 Å². The minimum absolute atomic E-state index is 0.0697. The van der Waals surface area contributed by atoms with E-state index in [4.69, 9.17) is 17.0 Å². The number of hydrogen-bond acceptors (Lipinski definition) is 3. The summed E-state index contributed by atoms with van der Waals surface area (Å²) in [6.45, 7) is 5.94. The predicted octanol–water partition coefficient (Wildman–Crippen LogP) is 4.36. The maximum atomic E-state index is 13.0. The highest BCUT2D eigenvalue weighted by atomic mass is 32.1. The lowest BCUT2D eigenvalue weighted by molar-refractivity contribution is 0.0526. The minimum Gasteiger partial charge on any atom is -0.462 e. The summed E-state index contributed by atoms with van der Waals surface area (Å²) >= 11 is 5.34. The summed E-state index contributed by atoms with van der Waals surface area (Å²) < 4.78 is 18.0. The summed E-state index contributed by atoms with van der Waals surface area (Å²) in [6, 6.07) is 11.4. The lowest BCUT2D eigenvalue weighted by atomic mass is 10.1. The summed E-state index contributed by atoms with van der Waals surface area (Å²) in [5, 5.41) is 6.72. The molecular weight excluding hydrogens is 339 g/mol. The van der Waals surface area contributed by atoms with E-state index in [0.29, 0.717) is 17.3 Å². The molecule has 0 aliphatic carbocycles. The summed E-state index contributed by atoms with van der Waals surface area (Å²) in [7, 11) is 0. The molecule has 0 aromatic heterocycles. The molecule has 6 heteroatoms. The quantitative estimate of drug-likeness (QED) is 0.613. The van der Waals surface area contributed by atoms with E-state index in [2.05, 4.69) is 10.6 Å². The first-order chi connectivity index (χ1) is 11.9. The van der Waals surface area contributed by atoms with Gasteiger partial charge in [-0.05, 0) is 74.4 Å². The molecule has 0 heterocycles. The SMILES string of the molecule is CCOC(=O)c1ccc(NC(=S)N[C@@H](C)c2ccc(F)cc2)c(C)c1. The second-order valence-corrected chi connectivity index (χ2v) is 6.03. The van der Waals surface area contributed by atoms with E-state index in [9.17, 15) is 9.18 Å². The fourth-order valence-electron chi connectivity index (χ4n) is 2.34. The highest BCUT2D eigenvalue weighted by Crippen LogP contribution is 2.18. The van der Waals surface area contributed by atoms with Gasteiger partial charge in [0.2, 0.25) is 0 Å². The smallest absolute Gasteiger partial charge is 0.338 e. The van der Waals surface area contributed by atoms with Crippen LogP contribution in [0.5, 0.6) is 0 Å². The number of rotatable bonds is 5. The number of ether oxygens (including phenoxy) is 1. The molecule has 25 heavy (non-hydrogen) atoms. The van der Waals surface area contributed by atoms with Gasteiger partial charge in [-0.25, -0.2) is 9.18 Å². The van der Waals surface area contributed by atoms with Gasteiger partial charge in [-0.3, -0.25) is 0 Å². The number of aryl methyl sites for hydroxylation is 1. The van der Waals surface area contributed by atoms with Crippen molar-refractivity contribution in [2.45, 2.75) is 26.8 Å². The Hall–Kier alpha value is -2.47. The molecule has 0 radical (unpaired) electrons. The fraction of sp³-hybridized carbons (Fsp3) is 0.263. The summed E-state index contributed by atoms with van der Waals surface area (Å²) in [5.41, 5.74) is 3.12. The number of anilines is 1. The molecule has 2 rings (SSSR count). The average Bonchev–Trinajstić information content (AvgIpc) is 2.57. The van der Waals surface area contributed by atoms with E-state index < -0.39 is 0 Å². The molecule has 0 bridgehead atoms. The largest absolute Gasteiger partial charge is 0.462 e. The molecule has 0 saturated heterocycles. The first-order valence-electron chi connectivity index (χ1n) is 8.01. The Kier molecular flexibility index (Phi) is 6.47. The van der Waals surface area contributed by atoms with Crippen molar-refractivity contribution in [3.63, 3.8) is 0 Å². The number of thiocarbonyl (C=S) groups is 1. The normalized spacial score (nSPS) is 11.5. The highest BCUT2D eigenvalue weighted by molar-refractivity contribution is 7.80. The van der Waals surface area contributed by atoms with Crippen LogP contribution in [0.4, 0.5) is 10.1 Å². The summed E-state index contributed by atoms with van der Waals surface area (Å²) in [4.78, 5) is 11.7. The second-order valence-electron chi connectivity index (χ2n) is 5.62. The first-order valence-corrected chi connectivity index (χ1v) is 8.42. The van der Waals surface area contributed by atoms with Crippen LogP contribution >= 0.6 is 12.2 Å². The van der Waals surface area contributed by atoms with Crippen LogP contribution in [-0.2, 0) is 4.74 Å². The van der Waals surface area contributed by atoms with Crippen LogP contribution in [0.25, 0.3) is 0 Å². The lowest BCUT2D eigenvalue weighted by Gasteiger charge is -2.18. The van der Waals surface area contributed by atoms with Crippen molar-refractivity contribution in [3.8, 4) is 0 Å². The van der Waals surface area contributed by atoms with Crippen LogP contribution in [0, 0.1) is 12.7 Å². The van der Waals surface area contributed by atoms with Crippen LogP contribution in [0.15, 0.2) is 42.5 Å². The zero-order valence-electron chi connectivity index (χ0n) is 14.4. The molecule has 0 unspecified atom stereocenters. The van der Waals surface area contributed by atoms with Crippen molar-refractivity contribution in [2.24, 2.45) is 0 Å². The van der Waals surface area contributed by atoms with E-state index >= 15 is 0 Å². The van der Waals surface area contributed by atoms with Gasteiger partial charge in [0.15, 0.2) is 5.11 Å². The number of esters is 1. The fourth-order valence-corrected chi connectivity index (χ4v) is 2.62. The van der Waals surface area contributed by atoms with Gasteiger partial charge in [0, 0.05) is 5.69 Å². The molecule has 0 spiro atoms. The molecule has 2 N–H and O–H groups in total. The first kappa shape index (κ1) is 18.9. The molecule has 0 aliphatic rings. The molecule has 0 amide bonds. The molecular formula is C19H21FN2O2S. The number of nitrogens with one attached hydrogen (secondary N) is 2. The molecule has 0 saturated carbocycles. The molecule has 0 fully saturated rings. The zero-order chi connectivity index (χ0) is 18.4. The Labute approximate surface area is 152 Å². The van der Waals surface area contributed by atoms with E-state index in [1.54, 1.807) is 37.3 Å². The van der Waals surface area contributed by atoms with Crippen LogP contribution in [0.1, 0.15) is 41.4 Å². The van der Waals surface area contributed by atoms with Gasteiger partial charge in [0.05, 0.1) is 18.2 Å². The number of halogens is 1. The van der Waals surface area contributed by atoms with Gasteiger partial charge >= 0.3 is 5.97 Å². The Balaban J connectivity index is 2.00. The van der Waals surface area contributed by atoms with E-state index in [1.165, 1.54) is 12.1 Å². The van der Waals surface area contributed by atoms with Gasteiger partial charge in [-0.15, -0.1) is 0 Å². The van der Waals surface area contributed by atoms with Crippen molar-refractivity contribution in [3.05, 3.63) is 65.0 Å². The second kappa shape index (κ2) is 8.58. The summed E-state index contributed by atoms with van der Waals surface area (Å²) in [6.07, 6.45) is 0. The third-order valence-corrected chi connectivity index (χ3v) is 3.92. The lowest BCUT2D eigenvalue weighted by Crippen LogP contribution is -2.31.